The van der Waals surface area contributed by atoms with Crippen LogP contribution in [0.25, 0.3) is 0 Å². The van der Waals surface area contributed by atoms with Gasteiger partial charge in [0, 0.05) is 30.0 Å². The van der Waals surface area contributed by atoms with Crippen molar-refractivity contribution in [1.29, 1.82) is 0 Å². The van der Waals surface area contributed by atoms with Gasteiger partial charge in [-0.2, -0.15) is 0 Å². The van der Waals surface area contributed by atoms with Crippen molar-refractivity contribution in [2.24, 2.45) is 0 Å². The van der Waals surface area contributed by atoms with Gasteiger partial charge in [0.05, 0.1) is 0 Å². The average Bonchev–Trinajstić information content (AvgIpc) is 2.53. The lowest BCUT2D eigenvalue weighted by Gasteiger charge is -2.05. The number of unbranched alkanes of at least 4 members (excludes halogenated alkanes) is 3. The Morgan fingerprint density at radius 1 is 1.00 bits per heavy atom. The van der Waals surface area contributed by atoms with Crippen molar-refractivity contribution in [1.82, 2.24) is 10.6 Å². The molecule has 0 aliphatic heterocycles. The maximum atomic E-state index is 11.8. The van der Waals surface area contributed by atoms with Crippen LogP contribution in [0.5, 0.6) is 0 Å². The maximum absolute atomic E-state index is 11.8. The molecule has 0 spiro atoms. The zero-order valence-corrected chi connectivity index (χ0v) is 14.2. The van der Waals surface area contributed by atoms with Crippen LogP contribution < -0.4 is 10.6 Å². The number of hydrogen-bond acceptors (Lipinski definition) is 3. The topological polar surface area (TPSA) is 75.3 Å². The van der Waals surface area contributed by atoms with Gasteiger partial charge in [-0.15, -0.1) is 0 Å². The van der Waals surface area contributed by atoms with E-state index in [1.54, 1.807) is 12.1 Å². The first-order valence-corrected chi connectivity index (χ1v) is 8.12. The van der Waals surface area contributed by atoms with Gasteiger partial charge in [-0.1, -0.05) is 28.8 Å². The van der Waals surface area contributed by atoms with E-state index in [2.05, 4.69) is 26.6 Å². The molecule has 0 unspecified atom stereocenters. The number of likely N-dealkylation sites (N-methyl/N-ethyl adjacent to an activating group) is 1. The fourth-order valence-electron chi connectivity index (χ4n) is 1.92. The molecule has 0 atom stereocenters. The molecular formula is C16H21BrN2O3. The van der Waals surface area contributed by atoms with E-state index < -0.39 is 5.91 Å². The van der Waals surface area contributed by atoms with Crippen LogP contribution in [-0.4, -0.2) is 31.2 Å². The quantitative estimate of drug-likeness (QED) is 0.519. The van der Waals surface area contributed by atoms with E-state index in [1.807, 2.05) is 12.1 Å². The predicted octanol–water partition coefficient (Wildman–Crippen LogP) is 2.44. The van der Waals surface area contributed by atoms with Crippen LogP contribution in [0.4, 0.5) is 0 Å². The van der Waals surface area contributed by atoms with Gasteiger partial charge in [0.25, 0.3) is 11.8 Å². The molecule has 0 aliphatic rings. The molecule has 1 aromatic rings. The molecule has 0 fully saturated rings. The molecule has 0 heterocycles. The molecule has 120 valence electrons. The van der Waals surface area contributed by atoms with Crippen molar-refractivity contribution in [3.63, 3.8) is 0 Å². The summed E-state index contributed by atoms with van der Waals surface area (Å²) in [7, 11) is 1.45. The number of carbonyl (C=O) groups is 3. The summed E-state index contributed by atoms with van der Waals surface area (Å²) in [4.78, 5) is 34.1. The molecule has 0 saturated heterocycles. The fourth-order valence-corrected chi connectivity index (χ4v) is 2.19. The predicted molar refractivity (Wildman–Crippen MR) is 88.6 cm³/mol. The van der Waals surface area contributed by atoms with Crippen LogP contribution in [0, 0.1) is 0 Å². The molecule has 0 bridgehead atoms. The standard InChI is InChI=1S/C16H21BrN2O3/c1-18-16(22)14(20)6-4-2-3-5-11-19-15(21)12-7-9-13(17)10-8-12/h7-10H,2-6,11H2,1H3,(H,18,22)(H,19,21). The molecule has 1 rings (SSSR count). The summed E-state index contributed by atoms with van der Waals surface area (Å²) in [5.41, 5.74) is 0.638. The van der Waals surface area contributed by atoms with Crippen molar-refractivity contribution in [3.05, 3.63) is 34.3 Å². The van der Waals surface area contributed by atoms with Gasteiger partial charge >= 0.3 is 0 Å². The van der Waals surface area contributed by atoms with E-state index in [-0.39, 0.29) is 18.1 Å². The van der Waals surface area contributed by atoms with Crippen molar-refractivity contribution in [3.8, 4) is 0 Å². The second-order valence-electron chi connectivity index (χ2n) is 4.93. The number of benzene rings is 1. The number of Topliss-reactive ketones (excluding diaryl/α,β-unsaturated/α-hetero) is 1. The Labute approximate surface area is 139 Å². The molecule has 2 N–H and O–H groups in total. The van der Waals surface area contributed by atoms with Gasteiger partial charge in [0.1, 0.15) is 0 Å². The lowest BCUT2D eigenvalue weighted by Crippen LogP contribution is -2.27. The fraction of sp³-hybridized carbons (Fsp3) is 0.438. The number of carbonyl (C=O) groups excluding carboxylic acids is 3. The zero-order valence-electron chi connectivity index (χ0n) is 12.7. The summed E-state index contributed by atoms with van der Waals surface area (Å²) in [5.74, 6) is -0.977. The van der Waals surface area contributed by atoms with E-state index in [0.29, 0.717) is 18.5 Å². The van der Waals surface area contributed by atoms with Crippen LogP contribution >= 0.6 is 15.9 Å². The van der Waals surface area contributed by atoms with E-state index in [9.17, 15) is 14.4 Å². The largest absolute Gasteiger partial charge is 0.353 e. The average molecular weight is 369 g/mol. The summed E-state index contributed by atoms with van der Waals surface area (Å²) in [6.07, 6.45) is 3.63. The Bertz CT molecular complexity index is 515. The van der Waals surface area contributed by atoms with Crippen LogP contribution in [0.3, 0.4) is 0 Å². The minimum Gasteiger partial charge on any atom is -0.353 e. The van der Waals surface area contributed by atoms with E-state index in [0.717, 1.165) is 23.7 Å². The Kier molecular flexibility index (Phi) is 8.43. The Balaban J connectivity index is 2.08. The van der Waals surface area contributed by atoms with E-state index in [4.69, 9.17) is 0 Å². The lowest BCUT2D eigenvalue weighted by molar-refractivity contribution is -0.137. The van der Waals surface area contributed by atoms with Crippen molar-refractivity contribution >= 4 is 33.5 Å². The lowest BCUT2D eigenvalue weighted by atomic mass is 10.1. The SMILES string of the molecule is CNC(=O)C(=O)CCCCCCNC(=O)c1ccc(Br)cc1. The molecule has 5 nitrogen and oxygen atoms in total. The highest BCUT2D eigenvalue weighted by Gasteiger charge is 2.10. The highest BCUT2D eigenvalue weighted by Crippen LogP contribution is 2.10. The number of amides is 2. The van der Waals surface area contributed by atoms with Crippen molar-refractivity contribution in [2.45, 2.75) is 32.1 Å². The maximum Gasteiger partial charge on any atom is 0.287 e. The van der Waals surface area contributed by atoms with Crippen LogP contribution in [0.15, 0.2) is 28.7 Å². The van der Waals surface area contributed by atoms with Crippen molar-refractivity contribution < 1.29 is 14.4 Å². The summed E-state index contributed by atoms with van der Waals surface area (Å²) in [6.45, 7) is 0.609. The molecular weight excluding hydrogens is 348 g/mol. The minimum absolute atomic E-state index is 0.0812. The third-order valence-electron chi connectivity index (χ3n) is 3.20. The van der Waals surface area contributed by atoms with Gasteiger partial charge in [-0.3, -0.25) is 14.4 Å². The Morgan fingerprint density at radius 2 is 1.64 bits per heavy atom. The first-order valence-electron chi connectivity index (χ1n) is 7.33. The molecule has 0 radical (unpaired) electrons. The molecule has 1 aromatic carbocycles. The second-order valence-corrected chi connectivity index (χ2v) is 5.84. The number of ketones is 1. The monoisotopic (exact) mass is 368 g/mol. The molecule has 0 aromatic heterocycles. The Morgan fingerprint density at radius 3 is 2.27 bits per heavy atom. The minimum atomic E-state index is -0.526. The van der Waals surface area contributed by atoms with Crippen LogP contribution in [0.1, 0.15) is 42.5 Å². The summed E-state index contributed by atoms with van der Waals surface area (Å²) < 4.78 is 0.940. The van der Waals surface area contributed by atoms with E-state index >= 15 is 0 Å². The smallest absolute Gasteiger partial charge is 0.287 e. The van der Waals surface area contributed by atoms with E-state index in [1.165, 1.54) is 7.05 Å². The normalized spacial score (nSPS) is 10.1. The van der Waals surface area contributed by atoms with Crippen LogP contribution in [-0.2, 0) is 9.59 Å². The first-order chi connectivity index (χ1) is 10.5. The van der Waals surface area contributed by atoms with Crippen molar-refractivity contribution in [2.75, 3.05) is 13.6 Å². The molecule has 0 aliphatic carbocycles. The molecule has 22 heavy (non-hydrogen) atoms. The zero-order chi connectivity index (χ0) is 16.4. The Hall–Kier alpha value is -1.69. The summed E-state index contributed by atoms with van der Waals surface area (Å²) in [6, 6.07) is 7.20. The van der Waals surface area contributed by atoms with Gasteiger partial charge in [-0.25, -0.2) is 0 Å². The van der Waals surface area contributed by atoms with Gasteiger partial charge in [0.15, 0.2) is 0 Å². The van der Waals surface area contributed by atoms with Gasteiger partial charge in [-0.05, 0) is 37.1 Å². The third kappa shape index (κ3) is 6.85. The highest BCUT2D eigenvalue weighted by molar-refractivity contribution is 9.10. The number of halogens is 1. The van der Waals surface area contributed by atoms with Crippen LogP contribution in [0.2, 0.25) is 0 Å². The highest BCUT2D eigenvalue weighted by atomic mass is 79.9. The summed E-state index contributed by atoms with van der Waals surface area (Å²) in [5, 5.41) is 5.18. The number of nitrogens with one attached hydrogen (secondary N) is 2. The molecule has 2 amide bonds. The van der Waals surface area contributed by atoms with Gasteiger partial charge < -0.3 is 10.6 Å². The number of hydrogen-bond donors (Lipinski definition) is 2. The second kappa shape index (κ2) is 10.1. The summed E-state index contributed by atoms with van der Waals surface area (Å²) >= 11 is 3.33. The molecule has 6 heteroatoms. The molecule has 0 saturated carbocycles. The van der Waals surface area contributed by atoms with Gasteiger partial charge in [0.2, 0.25) is 5.78 Å². The third-order valence-corrected chi connectivity index (χ3v) is 3.73. The first kappa shape index (κ1) is 18.4. The number of rotatable bonds is 9.